The quantitative estimate of drug-likeness (QED) is 0.724. The molecule has 0 bridgehead atoms. The molecule has 0 aliphatic heterocycles. The molecule has 126 valence electrons. The summed E-state index contributed by atoms with van der Waals surface area (Å²) in [5.41, 5.74) is 5.05. The van der Waals surface area contributed by atoms with Gasteiger partial charge in [-0.15, -0.1) is 0 Å². The number of hydrogen-bond acceptors (Lipinski definition) is 1. The maximum absolute atomic E-state index is 8.75. The molecule has 1 aliphatic rings. The van der Waals surface area contributed by atoms with Gasteiger partial charge in [-0.2, -0.15) is 5.26 Å². The van der Waals surface area contributed by atoms with Crippen LogP contribution in [0, 0.1) is 58.7 Å². The average Bonchev–Trinajstić information content (AvgIpc) is 3.07. The van der Waals surface area contributed by atoms with Gasteiger partial charge in [0.25, 0.3) is 0 Å². The molecule has 0 saturated heterocycles. The number of aromatic nitrogens is 1. The van der Waals surface area contributed by atoms with Crippen molar-refractivity contribution in [3.63, 3.8) is 0 Å². The lowest BCUT2D eigenvalue weighted by Crippen LogP contribution is -2.04. The predicted octanol–water partition coefficient (Wildman–Crippen LogP) is 3.75. The lowest BCUT2D eigenvalue weighted by atomic mass is 9.98. The van der Waals surface area contributed by atoms with Gasteiger partial charge < -0.3 is 4.57 Å². The Bertz CT molecular complexity index is 1150. The first-order valence-corrected chi connectivity index (χ1v) is 8.69. The normalized spacial score (nSPS) is 10.8. The van der Waals surface area contributed by atoms with Crippen LogP contribution >= 0.6 is 0 Å². The van der Waals surface area contributed by atoms with Crippen molar-refractivity contribution < 1.29 is 0 Å². The fourth-order valence-electron chi connectivity index (χ4n) is 2.98. The molecule has 2 nitrogen and oxygen atoms in total. The lowest BCUT2D eigenvalue weighted by Gasteiger charge is -2.12. The monoisotopic (exact) mass is 344 g/mol. The molecular formula is C25H16N2. The minimum absolute atomic E-state index is 0.611. The molecule has 1 heterocycles. The predicted molar refractivity (Wildman–Crippen MR) is 108 cm³/mol. The van der Waals surface area contributed by atoms with Gasteiger partial charge in [0.05, 0.1) is 17.3 Å². The molecular weight excluding hydrogens is 328 g/mol. The van der Waals surface area contributed by atoms with Crippen molar-refractivity contribution in [1.82, 2.24) is 4.57 Å². The number of rotatable bonds is 1. The molecule has 0 atom stereocenters. The Morgan fingerprint density at radius 1 is 0.852 bits per heavy atom. The molecule has 1 aromatic heterocycles. The van der Waals surface area contributed by atoms with E-state index in [4.69, 9.17) is 5.26 Å². The van der Waals surface area contributed by atoms with E-state index in [0.29, 0.717) is 5.56 Å². The number of fused-ring (bicyclic) bond motifs is 1. The number of nitriles is 1. The third-order valence-corrected chi connectivity index (χ3v) is 4.25. The summed E-state index contributed by atoms with van der Waals surface area (Å²) in [4.78, 5) is 0. The number of aryl methyl sites for hydroxylation is 1. The SMILES string of the molecule is C=Cn1c(C#CC#CC#CC#Cc2ccc(C#N)cc2)cc2c1CCCC2. The van der Waals surface area contributed by atoms with E-state index < -0.39 is 0 Å². The molecule has 0 spiro atoms. The van der Waals surface area contributed by atoms with Gasteiger partial charge >= 0.3 is 0 Å². The van der Waals surface area contributed by atoms with Crippen LogP contribution in [0.2, 0.25) is 0 Å². The van der Waals surface area contributed by atoms with Crippen LogP contribution in [0.1, 0.15) is 40.9 Å². The maximum Gasteiger partial charge on any atom is 0.0991 e. The summed E-state index contributed by atoms with van der Waals surface area (Å²) in [6, 6.07) is 11.2. The van der Waals surface area contributed by atoms with Crippen LogP contribution in [0.3, 0.4) is 0 Å². The zero-order valence-corrected chi connectivity index (χ0v) is 14.9. The van der Waals surface area contributed by atoms with Crippen molar-refractivity contribution in [2.24, 2.45) is 0 Å². The van der Waals surface area contributed by atoms with E-state index in [1.165, 1.54) is 24.1 Å². The molecule has 0 N–H and O–H groups in total. The first-order valence-electron chi connectivity index (χ1n) is 8.69. The Morgan fingerprint density at radius 2 is 1.48 bits per heavy atom. The van der Waals surface area contributed by atoms with Crippen LogP contribution in [-0.4, -0.2) is 4.57 Å². The molecule has 2 aromatic rings. The molecule has 3 rings (SSSR count). The van der Waals surface area contributed by atoms with Crippen molar-refractivity contribution in [2.45, 2.75) is 25.7 Å². The molecule has 27 heavy (non-hydrogen) atoms. The third kappa shape index (κ3) is 4.53. The highest BCUT2D eigenvalue weighted by atomic mass is 15.0. The Morgan fingerprint density at radius 3 is 2.19 bits per heavy atom. The van der Waals surface area contributed by atoms with Gasteiger partial charge in [0.2, 0.25) is 0 Å². The molecule has 0 amide bonds. The lowest BCUT2D eigenvalue weighted by molar-refractivity contribution is 0.667. The van der Waals surface area contributed by atoms with Crippen molar-refractivity contribution in [3.05, 3.63) is 65.0 Å². The first-order chi connectivity index (χ1) is 13.3. The Hall–Kier alpha value is -4.03. The van der Waals surface area contributed by atoms with E-state index in [0.717, 1.165) is 24.1 Å². The van der Waals surface area contributed by atoms with Crippen molar-refractivity contribution in [1.29, 1.82) is 5.26 Å². The highest BCUT2D eigenvalue weighted by Gasteiger charge is 2.15. The fourth-order valence-corrected chi connectivity index (χ4v) is 2.98. The summed E-state index contributed by atoms with van der Waals surface area (Å²) < 4.78 is 2.07. The van der Waals surface area contributed by atoms with E-state index in [2.05, 4.69) is 70.6 Å². The van der Waals surface area contributed by atoms with Crippen molar-refractivity contribution in [2.75, 3.05) is 0 Å². The fraction of sp³-hybridized carbons (Fsp3) is 0.160. The third-order valence-electron chi connectivity index (χ3n) is 4.25. The van der Waals surface area contributed by atoms with E-state index in [-0.39, 0.29) is 0 Å². The van der Waals surface area contributed by atoms with Crippen LogP contribution < -0.4 is 0 Å². The average molecular weight is 344 g/mol. The molecule has 0 unspecified atom stereocenters. The Balaban J connectivity index is 1.66. The number of benzene rings is 1. The zero-order chi connectivity index (χ0) is 18.9. The molecule has 0 radical (unpaired) electrons. The smallest absolute Gasteiger partial charge is 0.0991 e. The van der Waals surface area contributed by atoms with Crippen LogP contribution in [0.5, 0.6) is 0 Å². The number of nitrogens with zero attached hydrogens (tertiary/aromatic N) is 2. The first kappa shape index (κ1) is 17.8. The highest BCUT2D eigenvalue weighted by Crippen LogP contribution is 2.24. The highest BCUT2D eigenvalue weighted by molar-refractivity contribution is 5.49. The van der Waals surface area contributed by atoms with Crippen LogP contribution in [-0.2, 0) is 12.8 Å². The van der Waals surface area contributed by atoms with Gasteiger partial charge in [0.15, 0.2) is 0 Å². The summed E-state index contributed by atoms with van der Waals surface area (Å²) in [6.45, 7) is 3.89. The molecule has 1 aromatic carbocycles. The van der Waals surface area contributed by atoms with Crippen molar-refractivity contribution >= 4 is 6.20 Å². The van der Waals surface area contributed by atoms with Gasteiger partial charge in [-0.1, -0.05) is 12.5 Å². The minimum atomic E-state index is 0.611. The van der Waals surface area contributed by atoms with Crippen LogP contribution in [0.15, 0.2) is 36.9 Å². The standard InChI is InChI=1S/C25H16N2/c1-2-27-24(19-23-12-9-10-14-25(23)27)13-8-6-4-3-5-7-11-21-15-17-22(20-26)18-16-21/h2,15-19H,1,9-10,12,14H2. The summed E-state index contributed by atoms with van der Waals surface area (Å²) in [7, 11) is 0. The van der Waals surface area contributed by atoms with E-state index in [9.17, 15) is 0 Å². The Kier molecular flexibility index (Phi) is 5.85. The van der Waals surface area contributed by atoms with Gasteiger partial charge in [-0.25, -0.2) is 0 Å². The Labute approximate surface area is 160 Å². The summed E-state index contributed by atoms with van der Waals surface area (Å²) in [5, 5.41) is 8.75. The van der Waals surface area contributed by atoms with Crippen LogP contribution in [0.25, 0.3) is 6.20 Å². The summed E-state index contributed by atoms with van der Waals surface area (Å²) >= 11 is 0. The molecule has 2 heteroatoms. The van der Waals surface area contributed by atoms with Gasteiger partial charge in [0.1, 0.15) is 0 Å². The summed E-state index contributed by atoms with van der Waals surface area (Å²) in [5.74, 6) is 22.4. The molecule has 0 fully saturated rings. The topological polar surface area (TPSA) is 28.7 Å². The van der Waals surface area contributed by atoms with Crippen LogP contribution in [0.4, 0.5) is 0 Å². The minimum Gasteiger partial charge on any atom is -0.314 e. The van der Waals surface area contributed by atoms with E-state index >= 15 is 0 Å². The van der Waals surface area contributed by atoms with E-state index in [1.54, 1.807) is 24.3 Å². The zero-order valence-electron chi connectivity index (χ0n) is 14.9. The van der Waals surface area contributed by atoms with E-state index in [1.807, 2.05) is 6.20 Å². The van der Waals surface area contributed by atoms with Gasteiger partial charge in [-0.3, -0.25) is 0 Å². The van der Waals surface area contributed by atoms with Crippen molar-refractivity contribution in [3.8, 4) is 53.4 Å². The second-order valence-electron chi connectivity index (χ2n) is 5.95. The second-order valence-corrected chi connectivity index (χ2v) is 5.95. The van der Waals surface area contributed by atoms with Gasteiger partial charge in [0, 0.05) is 17.5 Å². The molecule has 1 aliphatic carbocycles. The molecule has 0 saturated carbocycles. The second kappa shape index (κ2) is 8.89. The maximum atomic E-state index is 8.75. The summed E-state index contributed by atoms with van der Waals surface area (Å²) in [6.07, 6.45) is 6.47. The number of hydrogen-bond donors (Lipinski definition) is 0. The van der Waals surface area contributed by atoms with Gasteiger partial charge in [-0.05, 0) is 103 Å². The largest absolute Gasteiger partial charge is 0.314 e.